The first kappa shape index (κ1) is 19.6. The fourth-order valence-electron chi connectivity index (χ4n) is 2.48. The molecule has 3 aromatic rings. The molecule has 0 aliphatic heterocycles. The van der Waals surface area contributed by atoms with Crippen LogP contribution in [0.15, 0.2) is 53.9 Å². The van der Waals surface area contributed by atoms with Crippen molar-refractivity contribution < 1.29 is 19.1 Å². The molecule has 1 aromatic heterocycles. The number of thiazole rings is 1. The van der Waals surface area contributed by atoms with Crippen molar-refractivity contribution in [3.8, 4) is 17.0 Å². The average molecular weight is 396 g/mol. The van der Waals surface area contributed by atoms with Crippen LogP contribution in [0.4, 0.5) is 5.13 Å². The van der Waals surface area contributed by atoms with E-state index in [2.05, 4.69) is 10.3 Å². The molecule has 1 amide bonds. The molecule has 1 heterocycles. The lowest BCUT2D eigenvalue weighted by Crippen LogP contribution is -2.08. The highest BCUT2D eigenvalue weighted by Gasteiger charge is 2.12. The van der Waals surface area contributed by atoms with Gasteiger partial charge >= 0.3 is 5.97 Å². The molecule has 7 heteroatoms. The fourth-order valence-corrected chi connectivity index (χ4v) is 3.21. The Morgan fingerprint density at radius 3 is 2.57 bits per heavy atom. The Morgan fingerprint density at radius 2 is 1.86 bits per heavy atom. The quantitative estimate of drug-likeness (QED) is 0.594. The first-order chi connectivity index (χ1) is 13.6. The van der Waals surface area contributed by atoms with Crippen molar-refractivity contribution in [2.75, 3.05) is 12.4 Å². The summed E-state index contributed by atoms with van der Waals surface area (Å²) in [5, 5.41) is 5.22. The molecule has 0 saturated heterocycles. The summed E-state index contributed by atoms with van der Waals surface area (Å²) >= 11 is 1.38. The largest absolute Gasteiger partial charge is 0.488 e. The number of rotatable bonds is 7. The number of benzene rings is 2. The van der Waals surface area contributed by atoms with Crippen LogP contribution in [-0.4, -0.2) is 24.0 Å². The maximum Gasteiger partial charge on any atom is 0.337 e. The predicted molar refractivity (Wildman–Crippen MR) is 109 cm³/mol. The molecule has 0 aliphatic rings. The first-order valence-electron chi connectivity index (χ1n) is 8.75. The lowest BCUT2D eigenvalue weighted by molar-refractivity contribution is -0.115. The molecule has 0 fully saturated rings. The molecule has 2 aromatic carbocycles. The zero-order chi connectivity index (χ0) is 19.9. The van der Waals surface area contributed by atoms with Crippen LogP contribution in [0, 0.1) is 0 Å². The number of anilines is 1. The molecule has 1 N–H and O–H groups in total. The molecule has 0 saturated carbocycles. The number of esters is 1. The molecule has 0 aliphatic carbocycles. The summed E-state index contributed by atoms with van der Waals surface area (Å²) in [6.07, 6.45) is 0.406. The van der Waals surface area contributed by atoms with E-state index in [-0.39, 0.29) is 11.9 Å². The van der Waals surface area contributed by atoms with Crippen molar-refractivity contribution in [1.82, 2.24) is 4.98 Å². The van der Waals surface area contributed by atoms with Crippen LogP contribution in [0.3, 0.4) is 0 Å². The van der Waals surface area contributed by atoms with Crippen molar-refractivity contribution in [1.29, 1.82) is 0 Å². The summed E-state index contributed by atoms with van der Waals surface area (Å²) in [5.41, 5.74) is 3.02. The predicted octanol–water partition coefficient (Wildman–Crippen LogP) is 4.52. The van der Waals surface area contributed by atoms with Gasteiger partial charge in [0.05, 0.1) is 18.4 Å². The minimum Gasteiger partial charge on any atom is -0.488 e. The molecule has 3 rings (SSSR count). The normalized spacial score (nSPS) is 10.4. The van der Waals surface area contributed by atoms with E-state index in [0.717, 1.165) is 16.8 Å². The second-order valence-electron chi connectivity index (χ2n) is 5.91. The van der Waals surface area contributed by atoms with Crippen molar-refractivity contribution in [3.63, 3.8) is 0 Å². The summed E-state index contributed by atoms with van der Waals surface area (Å²) in [4.78, 5) is 27.5. The van der Waals surface area contributed by atoms with Gasteiger partial charge in [-0.25, -0.2) is 9.78 Å². The summed E-state index contributed by atoms with van der Waals surface area (Å²) in [5.74, 6) is 0.256. The van der Waals surface area contributed by atoms with Crippen molar-refractivity contribution in [3.05, 3.63) is 65.0 Å². The Kier molecular flexibility index (Phi) is 6.39. The molecule has 0 spiro atoms. The average Bonchev–Trinajstić information content (AvgIpc) is 3.20. The van der Waals surface area contributed by atoms with Gasteiger partial charge in [0.1, 0.15) is 12.4 Å². The van der Waals surface area contributed by atoms with Gasteiger partial charge in [0.25, 0.3) is 0 Å². The number of aromatic nitrogens is 1. The second kappa shape index (κ2) is 9.14. The topological polar surface area (TPSA) is 77.5 Å². The Balaban J connectivity index is 1.72. The minimum absolute atomic E-state index is 0.0687. The number of carbonyl (C=O) groups excluding carboxylic acids is 2. The third-order valence-electron chi connectivity index (χ3n) is 4.00. The van der Waals surface area contributed by atoms with E-state index < -0.39 is 0 Å². The standard InChI is InChI=1S/C21H20N2O4S/c1-3-19(24)23-21-22-17(13-28-21)16-6-4-5-7-18(16)27-12-14-8-10-15(11-9-14)20(25)26-2/h4-11,13H,3,12H2,1-2H3,(H,22,23,24). The number of nitrogens with zero attached hydrogens (tertiary/aromatic N) is 1. The van der Waals surface area contributed by atoms with E-state index >= 15 is 0 Å². The Hall–Kier alpha value is -3.19. The highest BCUT2D eigenvalue weighted by Crippen LogP contribution is 2.32. The summed E-state index contributed by atoms with van der Waals surface area (Å²) < 4.78 is 10.7. The maximum atomic E-state index is 11.5. The molecular weight excluding hydrogens is 376 g/mol. The zero-order valence-electron chi connectivity index (χ0n) is 15.6. The van der Waals surface area contributed by atoms with Crippen molar-refractivity contribution in [2.24, 2.45) is 0 Å². The van der Waals surface area contributed by atoms with Crippen LogP contribution in [-0.2, 0) is 16.1 Å². The smallest absolute Gasteiger partial charge is 0.337 e. The number of amides is 1. The van der Waals surface area contributed by atoms with E-state index in [1.807, 2.05) is 41.8 Å². The van der Waals surface area contributed by atoms with Gasteiger partial charge in [0.15, 0.2) is 5.13 Å². The molecule has 0 radical (unpaired) electrons. The van der Waals surface area contributed by atoms with Gasteiger partial charge in [-0.2, -0.15) is 0 Å². The van der Waals surface area contributed by atoms with Gasteiger partial charge in [0.2, 0.25) is 5.91 Å². The van der Waals surface area contributed by atoms with E-state index in [1.54, 1.807) is 19.1 Å². The number of ether oxygens (including phenoxy) is 2. The van der Waals surface area contributed by atoms with Crippen LogP contribution in [0.2, 0.25) is 0 Å². The van der Waals surface area contributed by atoms with E-state index in [9.17, 15) is 9.59 Å². The van der Waals surface area contributed by atoms with Gasteiger partial charge < -0.3 is 14.8 Å². The summed E-state index contributed by atoms with van der Waals surface area (Å²) in [6.45, 7) is 2.15. The third kappa shape index (κ3) is 4.75. The van der Waals surface area contributed by atoms with Crippen molar-refractivity contribution in [2.45, 2.75) is 20.0 Å². The van der Waals surface area contributed by atoms with E-state index in [0.29, 0.717) is 29.5 Å². The highest BCUT2D eigenvalue weighted by atomic mass is 32.1. The van der Waals surface area contributed by atoms with Crippen LogP contribution in [0.1, 0.15) is 29.3 Å². The number of nitrogens with one attached hydrogen (secondary N) is 1. The molecule has 0 atom stereocenters. The lowest BCUT2D eigenvalue weighted by atomic mass is 10.1. The van der Waals surface area contributed by atoms with Gasteiger partial charge in [-0.3, -0.25) is 4.79 Å². The molecule has 6 nitrogen and oxygen atoms in total. The molecule has 28 heavy (non-hydrogen) atoms. The minimum atomic E-state index is -0.368. The van der Waals surface area contributed by atoms with Crippen LogP contribution < -0.4 is 10.1 Å². The van der Waals surface area contributed by atoms with Crippen molar-refractivity contribution >= 4 is 28.3 Å². The maximum absolute atomic E-state index is 11.5. The lowest BCUT2D eigenvalue weighted by Gasteiger charge is -2.10. The Morgan fingerprint density at radius 1 is 1.11 bits per heavy atom. The summed E-state index contributed by atoms with van der Waals surface area (Å²) in [7, 11) is 1.36. The van der Waals surface area contributed by atoms with Gasteiger partial charge in [-0.05, 0) is 29.8 Å². The fraction of sp³-hybridized carbons (Fsp3) is 0.190. The van der Waals surface area contributed by atoms with Crippen LogP contribution in [0.5, 0.6) is 5.75 Å². The number of hydrogen-bond donors (Lipinski definition) is 1. The molecule has 144 valence electrons. The van der Waals surface area contributed by atoms with E-state index in [4.69, 9.17) is 9.47 Å². The summed E-state index contributed by atoms with van der Waals surface area (Å²) in [6, 6.07) is 14.7. The zero-order valence-corrected chi connectivity index (χ0v) is 16.4. The first-order valence-corrected chi connectivity index (χ1v) is 9.63. The van der Waals surface area contributed by atoms with E-state index in [1.165, 1.54) is 18.4 Å². The van der Waals surface area contributed by atoms with Gasteiger partial charge in [-0.1, -0.05) is 31.2 Å². The van der Waals surface area contributed by atoms with Crippen LogP contribution >= 0.6 is 11.3 Å². The Labute approximate surface area is 167 Å². The van der Waals surface area contributed by atoms with Gasteiger partial charge in [-0.15, -0.1) is 11.3 Å². The SMILES string of the molecule is CCC(=O)Nc1nc(-c2ccccc2OCc2ccc(C(=O)OC)cc2)cs1. The Bertz CT molecular complexity index is 967. The number of hydrogen-bond acceptors (Lipinski definition) is 6. The number of carbonyl (C=O) groups is 2. The molecule has 0 unspecified atom stereocenters. The number of methoxy groups -OCH3 is 1. The van der Waals surface area contributed by atoms with Crippen LogP contribution in [0.25, 0.3) is 11.3 Å². The molecular formula is C21H20N2O4S. The van der Waals surface area contributed by atoms with Gasteiger partial charge in [0, 0.05) is 17.4 Å². The number of para-hydroxylation sites is 1. The highest BCUT2D eigenvalue weighted by molar-refractivity contribution is 7.14. The third-order valence-corrected chi connectivity index (χ3v) is 4.76. The monoisotopic (exact) mass is 396 g/mol. The second-order valence-corrected chi connectivity index (χ2v) is 6.77. The molecule has 0 bridgehead atoms.